The first-order valence-electron chi connectivity index (χ1n) is 11.7. The van der Waals surface area contributed by atoms with Crippen LogP contribution in [0.2, 0.25) is 0 Å². The van der Waals surface area contributed by atoms with E-state index in [1.165, 1.54) is 0 Å². The van der Waals surface area contributed by atoms with Crippen molar-refractivity contribution in [2.45, 2.75) is 51.7 Å². The van der Waals surface area contributed by atoms with Gasteiger partial charge < -0.3 is 19.7 Å². The molecule has 3 rings (SSSR count). The molecule has 1 saturated heterocycles. The smallest absolute Gasteiger partial charge is 0.410 e. The van der Waals surface area contributed by atoms with E-state index in [2.05, 4.69) is 11.2 Å². The molecule has 0 spiro atoms. The van der Waals surface area contributed by atoms with Crippen molar-refractivity contribution >= 4 is 12.0 Å². The molecule has 1 atom stereocenters. The highest BCUT2D eigenvalue weighted by Crippen LogP contribution is 2.29. The van der Waals surface area contributed by atoms with E-state index in [9.17, 15) is 9.59 Å². The summed E-state index contributed by atoms with van der Waals surface area (Å²) in [4.78, 5) is 27.2. The second kappa shape index (κ2) is 11.6. The largest absolute Gasteiger partial charge is 0.481 e. The molecule has 0 saturated carbocycles. The lowest BCUT2D eigenvalue weighted by Gasteiger charge is -2.35. The minimum atomic E-state index is -0.498. The number of rotatable bonds is 7. The molecule has 1 unspecified atom stereocenters. The Bertz CT molecular complexity index is 982. The van der Waals surface area contributed by atoms with Crippen LogP contribution in [0.15, 0.2) is 54.6 Å². The minimum Gasteiger partial charge on any atom is -0.481 e. The lowest BCUT2D eigenvalue weighted by Crippen LogP contribution is -2.42. The number of amides is 2. The SMILES string of the molecule is C#CCOc1ccc(C(=O)NC(CC2CCN(C(=O)OC(C)(C)C)CC2)c2ccccc2)cc1. The average molecular weight is 463 g/mol. The molecular weight excluding hydrogens is 428 g/mol. The molecule has 6 heteroatoms. The fourth-order valence-electron chi connectivity index (χ4n) is 4.04. The van der Waals surface area contributed by atoms with Crippen LogP contribution in [0.25, 0.3) is 0 Å². The van der Waals surface area contributed by atoms with Crippen LogP contribution in [0, 0.1) is 18.3 Å². The predicted molar refractivity (Wildman–Crippen MR) is 133 cm³/mol. The highest BCUT2D eigenvalue weighted by Gasteiger charge is 2.29. The third kappa shape index (κ3) is 7.55. The van der Waals surface area contributed by atoms with Gasteiger partial charge in [0.05, 0.1) is 6.04 Å². The average Bonchev–Trinajstić information content (AvgIpc) is 2.82. The van der Waals surface area contributed by atoms with E-state index < -0.39 is 5.60 Å². The van der Waals surface area contributed by atoms with E-state index in [1.807, 2.05) is 51.1 Å². The van der Waals surface area contributed by atoms with Gasteiger partial charge in [0.15, 0.2) is 0 Å². The molecule has 0 bridgehead atoms. The summed E-state index contributed by atoms with van der Waals surface area (Å²) in [6.07, 6.45) is 7.52. The molecule has 1 fully saturated rings. The molecule has 34 heavy (non-hydrogen) atoms. The topological polar surface area (TPSA) is 67.9 Å². The van der Waals surface area contributed by atoms with Crippen molar-refractivity contribution in [2.24, 2.45) is 5.92 Å². The summed E-state index contributed by atoms with van der Waals surface area (Å²) in [5.74, 6) is 3.31. The van der Waals surface area contributed by atoms with Crippen LogP contribution in [0.4, 0.5) is 4.79 Å². The monoisotopic (exact) mass is 462 g/mol. The number of hydrogen-bond donors (Lipinski definition) is 1. The van der Waals surface area contributed by atoms with Crippen LogP contribution in [0.3, 0.4) is 0 Å². The van der Waals surface area contributed by atoms with Gasteiger partial charge in [-0.3, -0.25) is 4.79 Å². The van der Waals surface area contributed by atoms with Gasteiger partial charge in [-0.15, -0.1) is 6.42 Å². The number of benzene rings is 2. The number of likely N-dealkylation sites (tertiary alicyclic amines) is 1. The summed E-state index contributed by atoms with van der Waals surface area (Å²) < 4.78 is 10.9. The number of nitrogens with zero attached hydrogens (tertiary/aromatic N) is 1. The Balaban J connectivity index is 1.62. The molecule has 6 nitrogen and oxygen atoms in total. The predicted octanol–water partition coefficient (Wildman–Crippen LogP) is 5.21. The van der Waals surface area contributed by atoms with Crippen LogP contribution in [0.1, 0.15) is 62.0 Å². The van der Waals surface area contributed by atoms with Gasteiger partial charge in [0.1, 0.15) is 18.0 Å². The number of terminal acetylenes is 1. The van der Waals surface area contributed by atoms with Gasteiger partial charge in [-0.2, -0.15) is 0 Å². The zero-order chi connectivity index (χ0) is 24.6. The number of ether oxygens (including phenoxy) is 2. The Morgan fingerprint density at radius 2 is 1.74 bits per heavy atom. The van der Waals surface area contributed by atoms with Gasteiger partial charge in [0.2, 0.25) is 0 Å². The molecule has 2 amide bonds. The quantitative estimate of drug-likeness (QED) is 0.574. The Morgan fingerprint density at radius 3 is 2.32 bits per heavy atom. The van der Waals surface area contributed by atoms with Gasteiger partial charge >= 0.3 is 6.09 Å². The summed E-state index contributed by atoms with van der Waals surface area (Å²) >= 11 is 0. The maximum Gasteiger partial charge on any atom is 0.410 e. The van der Waals surface area contributed by atoms with Gasteiger partial charge in [-0.25, -0.2) is 4.79 Å². The summed E-state index contributed by atoms with van der Waals surface area (Å²) in [5, 5.41) is 3.21. The Labute approximate surface area is 202 Å². The molecule has 2 aromatic carbocycles. The van der Waals surface area contributed by atoms with Crippen molar-refractivity contribution < 1.29 is 19.1 Å². The second-order valence-electron chi connectivity index (χ2n) is 9.60. The zero-order valence-corrected chi connectivity index (χ0v) is 20.3. The van der Waals surface area contributed by atoms with E-state index in [1.54, 1.807) is 29.2 Å². The standard InChI is InChI=1S/C28H34N2O4/c1-5-19-33-24-13-11-23(12-14-24)26(31)29-25(22-9-7-6-8-10-22)20-21-15-17-30(18-16-21)27(32)34-28(2,3)4/h1,6-14,21,25H,15-20H2,2-4H3,(H,29,31). The van der Waals surface area contributed by atoms with Crippen molar-refractivity contribution in [2.75, 3.05) is 19.7 Å². The maximum absolute atomic E-state index is 13.0. The Kier molecular flexibility index (Phi) is 8.59. The number of hydrogen-bond acceptors (Lipinski definition) is 4. The molecule has 1 heterocycles. The molecular formula is C28H34N2O4. The van der Waals surface area contributed by atoms with Gasteiger partial charge in [-0.05, 0) is 75.8 Å². The second-order valence-corrected chi connectivity index (χ2v) is 9.60. The summed E-state index contributed by atoms with van der Waals surface area (Å²) in [6, 6.07) is 16.9. The maximum atomic E-state index is 13.0. The van der Waals surface area contributed by atoms with Crippen LogP contribution < -0.4 is 10.1 Å². The van der Waals surface area contributed by atoms with E-state index in [0.717, 1.165) is 24.8 Å². The molecule has 2 aromatic rings. The van der Waals surface area contributed by atoms with Gasteiger partial charge in [-0.1, -0.05) is 36.3 Å². The van der Waals surface area contributed by atoms with Gasteiger partial charge in [0.25, 0.3) is 5.91 Å². The van der Waals surface area contributed by atoms with Crippen molar-refractivity contribution in [3.63, 3.8) is 0 Å². The molecule has 1 N–H and O–H groups in total. The number of carbonyl (C=O) groups excluding carboxylic acids is 2. The van der Waals surface area contributed by atoms with E-state index in [4.69, 9.17) is 15.9 Å². The summed E-state index contributed by atoms with van der Waals surface area (Å²) in [6.45, 7) is 7.14. The molecule has 0 aliphatic carbocycles. The van der Waals surface area contributed by atoms with Crippen LogP contribution in [-0.2, 0) is 4.74 Å². The highest BCUT2D eigenvalue weighted by molar-refractivity contribution is 5.94. The van der Waals surface area contributed by atoms with Crippen LogP contribution in [-0.4, -0.2) is 42.2 Å². The van der Waals surface area contributed by atoms with Crippen molar-refractivity contribution in [1.82, 2.24) is 10.2 Å². The summed E-state index contributed by atoms with van der Waals surface area (Å²) in [7, 11) is 0. The fourth-order valence-corrected chi connectivity index (χ4v) is 4.04. The normalized spacial score (nSPS) is 15.2. The molecule has 180 valence electrons. The highest BCUT2D eigenvalue weighted by atomic mass is 16.6. The Morgan fingerprint density at radius 1 is 1.09 bits per heavy atom. The van der Waals surface area contributed by atoms with Crippen LogP contribution >= 0.6 is 0 Å². The van der Waals surface area contributed by atoms with Crippen molar-refractivity contribution in [1.29, 1.82) is 0 Å². The van der Waals surface area contributed by atoms with E-state index in [0.29, 0.717) is 30.3 Å². The minimum absolute atomic E-state index is 0.121. The number of piperidine rings is 1. The lowest BCUT2D eigenvalue weighted by molar-refractivity contribution is 0.0178. The lowest BCUT2D eigenvalue weighted by atomic mass is 9.87. The van der Waals surface area contributed by atoms with Gasteiger partial charge in [0, 0.05) is 18.7 Å². The zero-order valence-electron chi connectivity index (χ0n) is 20.3. The third-order valence-electron chi connectivity index (χ3n) is 5.78. The molecule has 1 aliphatic rings. The Hall–Kier alpha value is -3.46. The van der Waals surface area contributed by atoms with Crippen LogP contribution in [0.5, 0.6) is 5.75 Å². The van der Waals surface area contributed by atoms with E-state index in [-0.39, 0.29) is 24.6 Å². The van der Waals surface area contributed by atoms with Crippen molar-refractivity contribution in [3.05, 3.63) is 65.7 Å². The first-order chi connectivity index (χ1) is 16.2. The number of carbonyl (C=O) groups is 2. The fraction of sp³-hybridized carbons (Fsp3) is 0.429. The van der Waals surface area contributed by atoms with Crippen molar-refractivity contribution in [3.8, 4) is 18.1 Å². The van der Waals surface area contributed by atoms with E-state index >= 15 is 0 Å². The first kappa shape index (κ1) is 25.2. The first-order valence-corrected chi connectivity index (χ1v) is 11.7. The number of nitrogens with one attached hydrogen (secondary N) is 1. The molecule has 0 radical (unpaired) electrons. The molecule has 0 aromatic heterocycles. The third-order valence-corrected chi connectivity index (χ3v) is 5.78. The molecule has 1 aliphatic heterocycles. The summed E-state index contributed by atoms with van der Waals surface area (Å²) in [5.41, 5.74) is 1.13.